The molecule has 0 bridgehead atoms. The molecule has 1 aromatic rings. The number of hydrogen-bond donors (Lipinski definition) is 1. The molecule has 2 heterocycles. The number of carboxylic acid groups (broad SMARTS) is 1. The molecule has 8 heteroatoms. The van der Waals surface area contributed by atoms with Crippen molar-refractivity contribution in [3.05, 3.63) is 14.7 Å². The van der Waals surface area contributed by atoms with E-state index in [9.17, 15) is 13.2 Å². The van der Waals surface area contributed by atoms with Gasteiger partial charge in [0.1, 0.15) is 0 Å². The highest BCUT2D eigenvalue weighted by molar-refractivity contribution is 9.11. The first-order chi connectivity index (χ1) is 8.30. The van der Waals surface area contributed by atoms with E-state index in [0.717, 1.165) is 8.66 Å². The molecule has 100 valence electrons. The average molecular weight is 354 g/mol. The largest absolute Gasteiger partial charge is 0.481 e. The SMILES string of the molecule is Cc1sc(Br)cc1S(=O)(=O)N1CC(CC(=O)O)C1. The van der Waals surface area contributed by atoms with Crippen LogP contribution in [0.1, 0.15) is 11.3 Å². The molecule has 0 aliphatic carbocycles. The van der Waals surface area contributed by atoms with Crippen LogP contribution in [0.3, 0.4) is 0 Å². The minimum atomic E-state index is -3.46. The molecule has 5 nitrogen and oxygen atoms in total. The summed E-state index contributed by atoms with van der Waals surface area (Å²) in [4.78, 5) is 11.6. The molecular formula is C10H12BrNO4S2. The third-order valence-electron chi connectivity index (χ3n) is 2.85. The Balaban J connectivity index is 2.11. The second-order valence-electron chi connectivity index (χ2n) is 4.26. The van der Waals surface area contributed by atoms with E-state index in [1.807, 2.05) is 0 Å². The van der Waals surface area contributed by atoms with Gasteiger partial charge in [0.25, 0.3) is 0 Å². The fourth-order valence-corrected chi connectivity index (χ4v) is 5.90. The molecule has 2 rings (SSSR count). The third-order valence-corrected chi connectivity index (χ3v) is 6.49. The third kappa shape index (κ3) is 2.61. The first-order valence-corrected chi connectivity index (χ1v) is 8.33. The molecule has 1 aromatic heterocycles. The van der Waals surface area contributed by atoms with Crippen LogP contribution in [0.25, 0.3) is 0 Å². The van der Waals surface area contributed by atoms with E-state index in [1.165, 1.54) is 15.6 Å². The molecule has 0 amide bonds. The van der Waals surface area contributed by atoms with Crippen molar-refractivity contribution < 1.29 is 18.3 Å². The second-order valence-corrected chi connectivity index (χ2v) is 8.80. The summed E-state index contributed by atoms with van der Waals surface area (Å²) in [6, 6.07) is 1.60. The lowest BCUT2D eigenvalue weighted by Gasteiger charge is -2.37. The van der Waals surface area contributed by atoms with Gasteiger partial charge in [-0.05, 0) is 34.8 Å². The number of aliphatic carboxylic acids is 1. The van der Waals surface area contributed by atoms with E-state index in [0.29, 0.717) is 18.0 Å². The number of thiophene rings is 1. The fraction of sp³-hybridized carbons (Fsp3) is 0.500. The summed E-state index contributed by atoms with van der Waals surface area (Å²) in [6.07, 6.45) is 0.0261. The van der Waals surface area contributed by atoms with Gasteiger partial charge >= 0.3 is 5.97 Å². The molecule has 0 radical (unpaired) electrons. The van der Waals surface area contributed by atoms with Crippen molar-refractivity contribution in [1.82, 2.24) is 4.31 Å². The van der Waals surface area contributed by atoms with Gasteiger partial charge in [-0.2, -0.15) is 4.31 Å². The molecule has 1 N–H and O–H groups in total. The summed E-state index contributed by atoms with van der Waals surface area (Å²) in [5.41, 5.74) is 0. The molecule has 1 saturated heterocycles. The summed E-state index contributed by atoms with van der Waals surface area (Å²) >= 11 is 4.64. The van der Waals surface area contributed by atoms with Crippen molar-refractivity contribution in [3.8, 4) is 0 Å². The average Bonchev–Trinajstić information content (AvgIpc) is 2.51. The zero-order chi connectivity index (χ0) is 13.5. The first-order valence-electron chi connectivity index (χ1n) is 5.28. The standard InChI is InChI=1S/C10H12BrNO4S2/c1-6-8(3-9(11)17-6)18(15,16)12-4-7(5-12)2-10(13)14/h3,7H,2,4-5H2,1H3,(H,13,14). The summed E-state index contributed by atoms with van der Waals surface area (Å²) in [5.74, 6) is -0.953. The van der Waals surface area contributed by atoms with Crippen LogP contribution in [0.15, 0.2) is 14.7 Å². The molecule has 18 heavy (non-hydrogen) atoms. The van der Waals surface area contributed by atoms with Crippen LogP contribution in [0.4, 0.5) is 0 Å². The lowest BCUT2D eigenvalue weighted by Crippen LogP contribution is -2.50. The van der Waals surface area contributed by atoms with Gasteiger partial charge in [-0.3, -0.25) is 4.79 Å². The smallest absolute Gasteiger partial charge is 0.303 e. The molecule has 0 spiro atoms. The zero-order valence-electron chi connectivity index (χ0n) is 9.59. The number of hydrogen-bond acceptors (Lipinski definition) is 4. The number of rotatable bonds is 4. The van der Waals surface area contributed by atoms with E-state index in [4.69, 9.17) is 5.11 Å². The van der Waals surface area contributed by atoms with Crippen molar-refractivity contribution in [2.45, 2.75) is 18.2 Å². The number of sulfonamides is 1. The Labute approximate surface area is 118 Å². The van der Waals surface area contributed by atoms with E-state index in [-0.39, 0.29) is 12.3 Å². The highest BCUT2D eigenvalue weighted by Gasteiger charge is 2.38. The number of nitrogens with zero attached hydrogens (tertiary/aromatic N) is 1. The van der Waals surface area contributed by atoms with Gasteiger partial charge in [0.2, 0.25) is 10.0 Å². The number of halogens is 1. The zero-order valence-corrected chi connectivity index (χ0v) is 12.8. The van der Waals surface area contributed by atoms with E-state index in [2.05, 4.69) is 15.9 Å². The Hall–Kier alpha value is -0.440. The number of carbonyl (C=O) groups is 1. The van der Waals surface area contributed by atoms with Gasteiger partial charge in [0, 0.05) is 18.0 Å². The van der Waals surface area contributed by atoms with Crippen molar-refractivity contribution in [3.63, 3.8) is 0 Å². The van der Waals surface area contributed by atoms with Crippen LogP contribution in [0, 0.1) is 12.8 Å². The van der Waals surface area contributed by atoms with Gasteiger partial charge in [-0.25, -0.2) is 8.42 Å². The van der Waals surface area contributed by atoms with Crippen LogP contribution in [0.2, 0.25) is 0 Å². The van der Waals surface area contributed by atoms with Gasteiger partial charge in [-0.15, -0.1) is 11.3 Å². The van der Waals surface area contributed by atoms with Gasteiger partial charge in [0.15, 0.2) is 0 Å². The summed E-state index contributed by atoms with van der Waals surface area (Å²) in [6.45, 7) is 2.35. The molecule has 1 aliphatic rings. The maximum atomic E-state index is 12.2. The van der Waals surface area contributed by atoms with E-state index in [1.54, 1.807) is 13.0 Å². The molecule has 0 saturated carbocycles. The normalized spacial score (nSPS) is 17.7. The highest BCUT2D eigenvalue weighted by Crippen LogP contribution is 2.34. The van der Waals surface area contributed by atoms with E-state index >= 15 is 0 Å². The summed E-state index contributed by atoms with van der Waals surface area (Å²) < 4.78 is 26.6. The molecular weight excluding hydrogens is 342 g/mol. The van der Waals surface area contributed by atoms with Gasteiger partial charge in [-0.1, -0.05) is 0 Å². The minimum Gasteiger partial charge on any atom is -0.481 e. The van der Waals surface area contributed by atoms with Crippen LogP contribution >= 0.6 is 27.3 Å². The summed E-state index contributed by atoms with van der Waals surface area (Å²) in [7, 11) is -3.46. The fourth-order valence-electron chi connectivity index (χ4n) is 1.92. The maximum absolute atomic E-state index is 12.2. The topological polar surface area (TPSA) is 74.7 Å². The molecule has 1 aliphatic heterocycles. The molecule has 0 aromatic carbocycles. The van der Waals surface area contributed by atoms with Crippen molar-refractivity contribution in [2.24, 2.45) is 5.92 Å². The monoisotopic (exact) mass is 353 g/mol. The lowest BCUT2D eigenvalue weighted by molar-refractivity contribution is -0.139. The van der Waals surface area contributed by atoms with Crippen molar-refractivity contribution in [2.75, 3.05) is 13.1 Å². The predicted octanol–water partition coefficient (Wildman–Crippen LogP) is 1.91. The highest BCUT2D eigenvalue weighted by atomic mass is 79.9. The minimum absolute atomic E-state index is 0.0261. The van der Waals surface area contributed by atoms with Crippen molar-refractivity contribution in [1.29, 1.82) is 0 Å². The quantitative estimate of drug-likeness (QED) is 0.896. The Morgan fingerprint density at radius 2 is 2.22 bits per heavy atom. The maximum Gasteiger partial charge on any atom is 0.303 e. The number of aryl methyl sites for hydroxylation is 1. The van der Waals surface area contributed by atoms with E-state index < -0.39 is 16.0 Å². The van der Waals surface area contributed by atoms with Crippen LogP contribution < -0.4 is 0 Å². The molecule has 0 unspecified atom stereocenters. The molecule has 0 atom stereocenters. The lowest BCUT2D eigenvalue weighted by atomic mass is 10.00. The Morgan fingerprint density at radius 3 is 2.67 bits per heavy atom. The van der Waals surface area contributed by atoms with Gasteiger partial charge < -0.3 is 5.11 Å². The van der Waals surface area contributed by atoms with Crippen LogP contribution in [-0.2, 0) is 14.8 Å². The van der Waals surface area contributed by atoms with Crippen LogP contribution in [-0.4, -0.2) is 36.9 Å². The molecule has 1 fully saturated rings. The first kappa shape index (κ1) is 14.0. The van der Waals surface area contributed by atoms with Crippen LogP contribution in [0.5, 0.6) is 0 Å². The Kier molecular flexibility index (Phi) is 3.82. The Bertz CT molecular complexity index is 575. The van der Waals surface area contributed by atoms with Crippen molar-refractivity contribution >= 4 is 43.3 Å². The van der Waals surface area contributed by atoms with Gasteiger partial charge in [0.05, 0.1) is 15.1 Å². The second kappa shape index (κ2) is 4.92. The number of carboxylic acids is 1. The predicted molar refractivity (Wildman–Crippen MR) is 71.3 cm³/mol. The summed E-state index contributed by atoms with van der Waals surface area (Å²) in [5, 5.41) is 8.63. The Morgan fingerprint density at radius 1 is 1.61 bits per heavy atom.